The van der Waals surface area contributed by atoms with Gasteiger partial charge in [0.05, 0.1) is 0 Å². The normalized spacial score (nSPS) is 28.1. The van der Waals surface area contributed by atoms with E-state index in [1.165, 1.54) is 0 Å². The average Bonchev–Trinajstić information content (AvgIpc) is 2.36. The lowest BCUT2D eigenvalue weighted by Gasteiger charge is -2.32. The minimum Gasteiger partial charge on any atom is -0.472 e. The fraction of sp³-hybridized carbons (Fsp3) is 0.643. The monoisotopic (exact) mass is 252 g/mol. The smallest absolute Gasteiger partial charge is 0.250 e. The summed E-state index contributed by atoms with van der Waals surface area (Å²) < 4.78 is 19.6. The Bertz CT molecular complexity index is 411. The molecule has 1 heterocycles. The van der Waals surface area contributed by atoms with Gasteiger partial charge in [-0.1, -0.05) is 13.8 Å². The molecule has 1 aliphatic rings. The fourth-order valence-electron chi connectivity index (χ4n) is 2.46. The number of nitrogens with zero attached hydrogens (tertiary/aromatic N) is 1. The molecular formula is C14H21FN2O. The SMILES string of the molecule is CC1CCC(Oc2nccc(CN)c2F)CC1C. The van der Waals surface area contributed by atoms with Gasteiger partial charge in [-0.2, -0.15) is 0 Å². The van der Waals surface area contributed by atoms with Crippen molar-refractivity contribution in [2.45, 2.75) is 45.8 Å². The van der Waals surface area contributed by atoms with Crippen LogP contribution in [0.2, 0.25) is 0 Å². The number of hydrogen-bond acceptors (Lipinski definition) is 3. The predicted octanol–water partition coefficient (Wildman–Crippen LogP) is 2.88. The first-order chi connectivity index (χ1) is 8.61. The maximum Gasteiger partial charge on any atom is 0.250 e. The fourth-order valence-corrected chi connectivity index (χ4v) is 2.46. The number of pyridine rings is 1. The number of nitrogens with two attached hydrogens (primary N) is 1. The summed E-state index contributed by atoms with van der Waals surface area (Å²) in [5.41, 5.74) is 5.93. The number of ether oxygens (including phenoxy) is 1. The van der Waals surface area contributed by atoms with Crippen LogP contribution < -0.4 is 10.5 Å². The minimum absolute atomic E-state index is 0.0752. The summed E-state index contributed by atoms with van der Waals surface area (Å²) in [6.07, 6.45) is 4.69. The zero-order chi connectivity index (χ0) is 13.1. The van der Waals surface area contributed by atoms with Gasteiger partial charge < -0.3 is 10.5 Å². The predicted molar refractivity (Wildman–Crippen MR) is 68.7 cm³/mol. The van der Waals surface area contributed by atoms with E-state index in [-0.39, 0.29) is 18.5 Å². The van der Waals surface area contributed by atoms with E-state index in [1.54, 1.807) is 12.3 Å². The zero-order valence-electron chi connectivity index (χ0n) is 11.0. The highest BCUT2D eigenvalue weighted by Crippen LogP contribution is 2.32. The Kier molecular flexibility index (Phi) is 4.17. The molecule has 0 spiro atoms. The first-order valence-electron chi connectivity index (χ1n) is 6.62. The Morgan fingerprint density at radius 1 is 1.39 bits per heavy atom. The Hall–Kier alpha value is -1.16. The molecule has 0 saturated heterocycles. The van der Waals surface area contributed by atoms with Crippen molar-refractivity contribution in [1.82, 2.24) is 4.98 Å². The second-order valence-electron chi connectivity index (χ2n) is 5.30. The van der Waals surface area contributed by atoms with Crippen molar-refractivity contribution in [3.63, 3.8) is 0 Å². The molecule has 0 amide bonds. The van der Waals surface area contributed by atoms with Crippen LogP contribution in [0.25, 0.3) is 0 Å². The highest BCUT2D eigenvalue weighted by Gasteiger charge is 2.26. The van der Waals surface area contributed by atoms with Crippen molar-refractivity contribution < 1.29 is 9.13 Å². The molecule has 2 rings (SSSR count). The van der Waals surface area contributed by atoms with Crippen LogP contribution in [0.3, 0.4) is 0 Å². The summed E-state index contributed by atoms with van der Waals surface area (Å²) in [5, 5.41) is 0. The molecule has 1 fully saturated rings. The molecule has 0 aliphatic heterocycles. The third-order valence-electron chi connectivity index (χ3n) is 3.99. The summed E-state index contributed by atoms with van der Waals surface area (Å²) in [4.78, 5) is 3.97. The lowest BCUT2D eigenvalue weighted by molar-refractivity contribution is 0.0921. The number of hydrogen-bond donors (Lipinski definition) is 1. The van der Waals surface area contributed by atoms with E-state index in [9.17, 15) is 4.39 Å². The van der Waals surface area contributed by atoms with E-state index in [0.29, 0.717) is 11.5 Å². The second-order valence-corrected chi connectivity index (χ2v) is 5.30. The van der Waals surface area contributed by atoms with Crippen LogP contribution in [0.5, 0.6) is 5.88 Å². The van der Waals surface area contributed by atoms with Gasteiger partial charge in [-0.25, -0.2) is 9.37 Å². The minimum atomic E-state index is -0.411. The van der Waals surface area contributed by atoms with Crippen LogP contribution in [-0.4, -0.2) is 11.1 Å². The first-order valence-corrected chi connectivity index (χ1v) is 6.62. The summed E-state index contributed by atoms with van der Waals surface area (Å²) in [7, 11) is 0. The highest BCUT2D eigenvalue weighted by atomic mass is 19.1. The van der Waals surface area contributed by atoms with Gasteiger partial charge in [-0.3, -0.25) is 0 Å². The maximum absolute atomic E-state index is 13.9. The molecule has 100 valence electrons. The van der Waals surface area contributed by atoms with Crippen LogP contribution in [0.4, 0.5) is 4.39 Å². The molecular weight excluding hydrogens is 231 g/mol. The van der Waals surface area contributed by atoms with Gasteiger partial charge in [0.2, 0.25) is 0 Å². The Balaban J connectivity index is 2.06. The van der Waals surface area contributed by atoms with E-state index in [1.807, 2.05) is 0 Å². The van der Waals surface area contributed by atoms with Crippen molar-refractivity contribution in [2.75, 3.05) is 0 Å². The van der Waals surface area contributed by atoms with Gasteiger partial charge in [-0.15, -0.1) is 0 Å². The number of rotatable bonds is 3. The lowest BCUT2D eigenvalue weighted by Crippen LogP contribution is -2.29. The molecule has 4 heteroatoms. The maximum atomic E-state index is 13.9. The molecule has 3 atom stereocenters. The van der Waals surface area contributed by atoms with Crippen LogP contribution in [-0.2, 0) is 6.54 Å². The number of aromatic nitrogens is 1. The third-order valence-corrected chi connectivity index (χ3v) is 3.99. The first kappa shape index (κ1) is 13.3. The Morgan fingerprint density at radius 2 is 2.17 bits per heavy atom. The van der Waals surface area contributed by atoms with Gasteiger partial charge in [0.1, 0.15) is 6.10 Å². The standard InChI is InChI=1S/C14H21FN2O/c1-9-3-4-12(7-10(9)2)18-14-13(15)11(8-16)5-6-17-14/h5-6,9-10,12H,3-4,7-8,16H2,1-2H3. The van der Waals surface area contributed by atoms with Crippen LogP contribution in [0.1, 0.15) is 38.7 Å². The Morgan fingerprint density at radius 3 is 2.83 bits per heavy atom. The zero-order valence-corrected chi connectivity index (χ0v) is 11.0. The van der Waals surface area contributed by atoms with E-state index >= 15 is 0 Å². The molecule has 1 aromatic heterocycles. The van der Waals surface area contributed by atoms with Crippen LogP contribution >= 0.6 is 0 Å². The van der Waals surface area contributed by atoms with Gasteiger partial charge in [0, 0.05) is 18.3 Å². The van der Waals surface area contributed by atoms with Crippen LogP contribution in [0, 0.1) is 17.7 Å². The molecule has 3 nitrogen and oxygen atoms in total. The molecule has 1 aliphatic carbocycles. The molecule has 1 saturated carbocycles. The van der Waals surface area contributed by atoms with Gasteiger partial charge in [-0.05, 0) is 37.2 Å². The number of halogens is 1. The van der Waals surface area contributed by atoms with Gasteiger partial charge in [0.15, 0.2) is 5.82 Å². The second kappa shape index (κ2) is 5.65. The molecule has 0 bridgehead atoms. The summed E-state index contributed by atoms with van der Waals surface area (Å²) >= 11 is 0. The van der Waals surface area contributed by atoms with Gasteiger partial charge in [0.25, 0.3) is 5.88 Å². The molecule has 1 aromatic rings. The summed E-state index contributed by atoms with van der Waals surface area (Å²) in [6.45, 7) is 4.65. The van der Waals surface area contributed by atoms with Gasteiger partial charge >= 0.3 is 0 Å². The van der Waals surface area contributed by atoms with Crippen molar-refractivity contribution in [3.8, 4) is 5.88 Å². The van der Waals surface area contributed by atoms with E-state index in [2.05, 4.69) is 18.8 Å². The van der Waals surface area contributed by atoms with Crippen molar-refractivity contribution in [2.24, 2.45) is 17.6 Å². The van der Waals surface area contributed by atoms with E-state index in [4.69, 9.17) is 10.5 Å². The van der Waals surface area contributed by atoms with Crippen molar-refractivity contribution >= 4 is 0 Å². The molecule has 18 heavy (non-hydrogen) atoms. The van der Waals surface area contributed by atoms with Crippen LogP contribution in [0.15, 0.2) is 12.3 Å². The summed E-state index contributed by atoms with van der Waals surface area (Å²) in [6, 6.07) is 1.59. The largest absolute Gasteiger partial charge is 0.472 e. The molecule has 2 N–H and O–H groups in total. The highest BCUT2D eigenvalue weighted by molar-refractivity contribution is 5.23. The van der Waals surface area contributed by atoms with E-state index < -0.39 is 5.82 Å². The quantitative estimate of drug-likeness (QED) is 0.899. The summed E-state index contributed by atoms with van der Waals surface area (Å²) in [5.74, 6) is 1.03. The van der Waals surface area contributed by atoms with E-state index in [0.717, 1.165) is 25.2 Å². The molecule has 3 unspecified atom stereocenters. The topological polar surface area (TPSA) is 48.1 Å². The molecule has 0 radical (unpaired) electrons. The molecule has 0 aromatic carbocycles. The van der Waals surface area contributed by atoms with Crippen molar-refractivity contribution in [1.29, 1.82) is 0 Å². The Labute approximate surface area is 108 Å². The van der Waals surface area contributed by atoms with Crippen molar-refractivity contribution in [3.05, 3.63) is 23.6 Å². The lowest BCUT2D eigenvalue weighted by atomic mass is 9.80. The third kappa shape index (κ3) is 2.80. The average molecular weight is 252 g/mol.